The molecule has 0 saturated heterocycles. The van der Waals surface area contributed by atoms with Gasteiger partial charge in [-0.2, -0.15) is 0 Å². The highest BCUT2D eigenvalue weighted by molar-refractivity contribution is 9.11. The Kier molecular flexibility index (Phi) is 12.4. The average molecular weight is 816 g/mol. The predicted octanol–water partition coefficient (Wildman–Crippen LogP) is 10.1. The third-order valence-electron chi connectivity index (χ3n) is 5.60. The Hall–Kier alpha value is -3.50. The highest BCUT2D eigenvalue weighted by atomic mass is 79.9. The minimum Gasteiger partial charge on any atom is -0.504 e. The van der Waals surface area contributed by atoms with Crippen LogP contribution in [0.3, 0.4) is 0 Å². The molecule has 4 aromatic carbocycles. The standard InChI is InChI=1S/C27H15B3Br3F6N3O3/c31-16-1-7-19(8-2-16)40-13-22-25(43-28(34)35)23(14-41-20-9-3-17(32)4-10-20)27(45-30(38)39)24(26(22)44-29(36)37)15-42-21-11-5-18(33)6-12-21/h1-15H. The monoisotopic (exact) mass is 813 g/mol. The number of hydrogen-bond acceptors (Lipinski definition) is 6. The number of aliphatic imine (C=N–C) groups is 3. The minimum absolute atomic E-state index is 0.284. The van der Waals surface area contributed by atoms with E-state index in [0.717, 1.165) is 18.6 Å². The van der Waals surface area contributed by atoms with Crippen molar-refractivity contribution >= 4 is 106 Å². The predicted molar refractivity (Wildman–Crippen MR) is 176 cm³/mol. The van der Waals surface area contributed by atoms with E-state index in [1.807, 2.05) is 0 Å². The van der Waals surface area contributed by atoms with E-state index in [4.69, 9.17) is 14.0 Å². The molecular formula is C27H15B3Br3F6N3O3. The number of benzene rings is 4. The Morgan fingerprint density at radius 2 is 0.644 bits per heavy atom. The number of rotatable bonds is 12. The zero-order valence-electron chi connectivity index (χ0n) is 22.4. The van der Waals surface area contributed by atoms with E-state index in [0.29, 0.717) is 13.4 Å². The summed E-state index contributed by atoms with van der Waals surface area (Å²) in [5.41, 5.74) is -0.786. The topological polar surface area (TPSA) is 64.8 Å². The fourth-order valence-corrected chi connectivity index (χ4v) is 4.54. The van der Waals surface area contributed by atoms with Gasteiger partial charge in [-0.25, -0.2) is 25.9 Å². The van der Waals surface area contributed by atoms with Crippen LogP contribution in [0.25, 0.3) is 0 Å². The summed E-state index contributed by atoms with van der Waals surface area (Å²) in [5, 5.41) is 0. The van der Waals surface area contributed by atoms with Gasteiger partial charge in [-0.15, -0.1) is 0 Å². The van der Waals surface area contributed by atoms with Crippen molar-refractivity contribution in [2.75, 3.05) is 0 Å². The van der Waals surface area contributed by atoms with Gasteiger partial charge in [0.2, 0.25) is 0 Å². The highest BCUT2D eigenvalue weighted by Crippen LogP contribution is 2.44. The largest absolute Gasteiger partial charge is 0.796 e. The van der Waals surface area contributed by atoms with E-state index >= 15 is 0 Å². The molecule has 0 N–H and O–H groups in total. The molecule has 18 heteroatoms. The lowest BCUT2D eigenvalue weighted by Gasteiger charge is -2.21. The molecule has 0 aliphatic carbocycles. The Morgan fingerprint density at radius 3 is 0.844 bits per heavy atom. The van der Waals surface area contributed by atoms with Crippen LogP contribution in [0.5, 0.6) is 17.2 Å². The zero-order valence-corrected chi connectivity index (χ0v) is 27.1. The summed E-state index contributed by atoms with van der Waals surface area (Å²) < 4.78 is 99.5. The van der Waals surface area contributed by atoms with E-state index in [9.17, 15) is 25.9 Å². The average Bonchev–Trinajstić information content (AvgIpc) is 2.98. The first-order chi connectivity index (χ1) is 21.5. The van der Waals surface area contributed by atoms with Gasteiger partial charge in [-0.05, 0) is 72.8 Å². The van der Waals surface area contributed by atoms with Crippen molar-refractivity contribution in [2.24, 2.45) is 15.0 Å². The molecule has 45 heavy (non-hydrogen) atoms. The molecule has 0 heterocycles. The Labute approximate surface area is 279 Å². The molecule has 0 aliphatic heterocycles. The maximum absolute atomic E-state index is 13.9. The van der Waals surface area contributed by atoms with E-state index in [1.165, 1.54) is 0 Å². The maximum Gasteiger partial charge on any atom is 0.796 e. The SMILES string of the molecule is FB(F)Oc1c(C=Nc2ccc(Br)cc2)c(OB(F)F)c(C=Nc2ccc(Br)cc2)c(OB(F)F)c1C=Nc1ccc(Br)cc1. The molecule has 0 aromatic heterocycles. The zero-order chi connectivity index (χ0) is 32.5. The molecule has 4 rings (SSSR count). The minimum atomic E-state index is -3.54. The number of nitrogens with zero attached hydrogens (tertiary/aromatic N) is 3. The quantitative estimate of drug-likeness (QED) is 0.0813. The summed E-state index contributed by atoms with van der Waals surface area (Å²) in [6.07, 6.45) is 2.79. The van der Waals surface area contributed by atoms with Gasteiger partial charge in [-0.1, -0.05) is 47.8 Å². The molecule has 0 spiro atoms. The first kappa shape index (κ1) is 34.4. The molecule has 0 fully saturated rings. The van der Waals surface area contributed by atoms with Crippen molar-refractivity contribution < 1.29 is 39.9 Å². The summed E-state index contributed by atoms with van der Waals surface area (Å²) in [4.78, 5) is 12.6. The summed E-state index contributed by atoms with van der Waals surface area (Å²) in [6, 6.07) is 19.0. The molecule has 4 aromatic rings. The molecule has 0 unspecified atom stereocenters. The van der Waals surface area contributed by atoms with Crippen LogP contribution in [-0.2, 0) is 0 Å². The van der Waals surface area contributed by atoms with Crippen LogP contribution in [0.2, 0.25) is 0 Å². The van der Waals surface area contributed by atoms with E-state index < -0.39 is 56.3 Å². The second kappa shape index (κ2) is 16.2. The van der Waals surface area contributed by atoms with Gasteiger partial charge < -0.3 is 14.0 Å². The Bertz CT molecular complexity index is 1480. The van der Waals surface area contributed by atoms with Crippen molar-refractivity contribution in [3.8, 4) is 17.2 Å². The van der Waals surface area contributed by atoms with Crippen molar-refractivity contribution in [3.63, 3.8) is 0 Å². The van der Waals surface area contributed by atoms with Crippen LogP contribution in [0.15, 0.2) is 101 Å². The lowest BCUT2D eigenvalue weighted by molar-refractivity contribution is 0.399. The van der Waals surface area contributed by atoms with E-state index in [2.05, 4.69) is 62.8 Å². The highest BCUT2D eigenvalue weighted by Gasteiger charge is 2.34. The molecule has 0 atom stereocenters. The lowest BCUT2D eigenvalue weighted by atomic mass is 9.99. The van der Waals surface area contributed by atoms with Gasteiger partial charge in [0, 0.05) is 32.1 Å². The lowest BCUT2D eigenvalue weighted by Crippen LogP contribution is -2.20. The Balaban J connectivity index is 2.08. The van der Waals surface area contributed by atoms with Gasteiger partial charge in [0.15, 0.2) is 0 Å². The van der Waals surface area contributed by atoms with Crippen molar-refractivity contribution in [2.45, 2.75) is 0 Å². The summed E-state index contributed by atoms with van der Waals surface area (Å²) in [5.74, 6) is -2.59. The fourth-order valence-electron chi connectivity index (χ4n) is 3.74. The van der Waals surface area contributed by atoms with Crippen LogP contribution < -0.4 is 14.0 Å². The molecule has 6 nitrogen and oxygen atoms in total. The second-order valence-electron chi connectivity index (χ2n) is 8.57. The van der Waals surface area contributed by atoms with Gasteiger partial charge in [-0.3, -0.25) is 15.0 Å². The van der Waals surface area contributed by atoms with E-state index in [1.54, 1.807) is 72.8 Å². The first-order valence-electron chi connectivity index (χ1n) is 12.5. The maximum atomic E-state index is 13.9. The molecule has 0 bridgehead atoms. The third kappa shape index (κ3) is 10.00. The van der Waals surface area contributed by atoms with Crippen molar-refractivity contribution in [1.82, 2.24) is 0 Å². The molecule has 0 saturated carbocycles. The summed E-state index contributed by atoms with van der Waals surface area (Å²) in [6.45, 7) is 0. The van der Waals surface area contributed by atoms with Crippen LogP contribution in [0.4, 0.5) is 43.0 Å². The molecular weight excluding hydrogens is 800 g/mol. The van der Waals surface area contributed by atoms with Crippen LogP contribution >= 0.6 is 47.8 Å². The van der Waals surface area contributed by atoms with Crippen LogP contribution in [-0.4, -0.2) is 41.1 Å². The Morgan fingerprint density at radius 1 is 0.422 bits per heavy atom. The van der Waals surface area contributed by atoms with Gasteiger partial charge in [0.1, 0.15) is 17.2 Å². The van der Waals surface area contributed by atoms with Crippen molar-refractivity contribution in [3.05, 3.63) is 103 Å². The van der Waals surface area contributed by atoms with Gasteiger partial charge in [0.05, 0.1) is 33.8 Å². The molecule has 0 radical (unpaired) electrons. The van der Waals surface area contributed by atoms with Gasteiger partial charge >= 0.3 is 22.4 Å². The second-order valence-corrected chi connectivity index (χ2v) is 11.3. The van der Waals surface area contributed by atoms with E-state index in [-0.39, 0.29) is 17.1 Å². The summed E-state index contributed by atoms with van der Waals surface area (Å²) >= 11 is 9.83. The molecule has 0 aliphatic rings. The van der Waals surface area contributed by atoms with Crippen molar-refractivity contribution in [1.29, 1.82) is 0 Å². The third-order valence-corrected chi connectivity index (χ3v) is 7.18. The summed E-state index contributed by atoms with van der Waals surface area (Å²) in [7, 11) is -10.6. The van der Waals surface area contributed by atoms with Gasteiger partial charge in [0.25, 0.3) is 0 Å². The molecule has 0 amide bonds. The van der Waals surface area contributed by atoms with Crippen LogP contribution in [0, 0.1) is 0 Å². The fraction of sp³-hybridized carbons (Fsp3) is 0. The molecule has 228 valence electrons. The smallest absolute Gasteiger partial charge is 0.504 e. The normalized spacial score (nSPS) is 11.4. The first-order valence-corrected chi connectivity index (χ1v) is 14.9. The number of halogens is 9. The number of hydrogen-bond donors (Lipinski definition) is 0. The van der Waals surface area contributed by atoms with Crippen LogP contribution in [0.1, 0.15) is 16.7 Å².